The molecule has 0 N–H and O–H groups in total. The van der Waals surface area contributed by atoms with Crippen LogP contribution in [0.2, 0.25) is 0 Å². The SMILES string of the molecule is CN1CCCC1CN(C)S(=O)(=O)CBr. The summed E-state index contributed by atoms with van der Waals surface area (Å²) < 4.78 is 24.4. The lowest BCUT2D eigenvalue weighted by atomic mass is 10.2. The van der Waals surface area contributed by atoms with Crippen molar-refractivity contribution < 1.29 is 8.42 Å². The van der Waals surface area contributed by atoms with Crippen LogP contribution in [-0.2, 0) is 10.0 Å². The van der Waals surface area contributed by atoms with Gasteiger partial charge >= 0.3 is 0 Å². The van der Waals surface area contributed by atoms with Gasteiger partial charge in [-0.3, -0.25) is 0 Å². The third-order valence-electron chi connectivity index (χ3n) is 2.75. The summed E-state index contributed by atoms with van der Waals surface area (Å²) in [6.07, 6.45) is 2.27. The van der Waals surface area contributed by atoms with Gasteiger partial charge in [-0.05, 0) is 26.4 Å². The average molecular weight is 285 g/mol. The monoisotopic (exact) mass is 284 g/mol. The van der Waals surface area contributed by atoms with Crippen LogP contribution in [0.4, 0.5) is 0 Å². The summed E-state index contributed by atoms with van der Waals surface area (Å²) in [5, 5.41) is 0. The van der Waals surface area contributed by atoms with Gasteiger partial charge in [0.15, 0.2) is 0 Å². The van der Waals surface area contributed by atoms with E-state index in [0.717, 1.165) is 13.0 Å². The fraction of sp³-hybridized carbons (Fsp3) is 1.00. The highest BCUT2D eigenvalue weighted by Gasteiger charge is 2.26. The Labute approximate surface area is 94.4 Å². The highest BCUT2D eigenvalue weighted by atomic mass is 79.9. The van der Waals surface area contributed by atoms with Gasteiger partial charge in [0.2, 0.25) is 10.0 Å². The largest absolute Gasteiger partial charge is 0.302 e. The first-order valence-corrected chi connectivity index (χ1v) is 7.40. The van der Waals surface area contributed by atoms with Crippen molar-refractivity contribution in [3.05, 3.63) is 0 Å². The maximum atomic E-state index is 11.5. The molecule has 1 fully saturated rings. The van der Waals surface area contributed by atoms with Gasteiger partial charge in [-0.1, -0.05) is 15.9 Å². The molecular weight excluding hydrogens is 268 g/mol. The zero-order chi connectivity index (χ0) is 10.8. The molecule has 6 heteroatoms. The van der Waals surface area contributed by atoms with Gasteiger partial charge in [-0.25, -0.2) is 12.7 Å². The summed E-state index contributed by atoms with van der Waals surface area (Å²) in [5.74, 6) is 0. The summed E-state index contributed by atoms with van der Waals surface area (Å²) in [4.78, 5) is 2.22. The number of alkyl halides is 1. The Bertz CT molecular complexity index is 281. The van der Waals surface area contributed by atoms with Crippen molar-refractivity contribution in [2.45, 2.75) is 18.9 Å². The second-order valence-corrected chi connectivity index (χ2v) is 7.16. The third-order valence-corrected chi connectivity index (χ3v) is 5.86. The number of hydrogen-bond donors (Lipinski definition) is 0. The number of rotatable bonds is 4. The Morgan fingerprint density at radius 3 is 2.64 bits per heavy atom. The van der Waals surface area contributed by atoms with Crippen LogP contribution in [-0.4, -0.2) is 55.5 Å². The summed E-state index contributed by atoms with van der Waals surface area (Å²) in [7, 11) is 0.604. The van der Waals surface area contributed by atoms with Crippen LogP contribution >= 0.6 is 15.9 Å². The average Bonchev–Trinajstić information content (AvgIpc) is 2.52. The van der Waals surface area contributed by atoms with E-state index in [4.69, 9.17) is 0 Å². The summed E-state index contributed by atoms with van der Waals surface area (Å²) in [6.45, 7) is 1.68. The molecule has 0 aromatic rings. The highest BCUT2D eigenvalue weighted by molar-refractivity contribution is 9.10. The quantitative estimate of drug-likeness (QED) is 0.714. The second-order valence-electron chi connectivity index (χ2n) is 3.78. The molecule has 0 aromatic heterocycles. The van der Waals surface area contributed by atoms with E-state index in [1.165, 1.54) is 10.7 Å². The van der Waals surface area contributed by atoms with Crippen LogP contribution < -0.4 is 0 Å². The van der Waals surface area contributed by atoms with Gasteiger partial charge in [0, 0.05) is 19.6 Å². The summed E-state index contributed by atoms with van der Waals surface area (Å²) in [6, 6.07) is 0.383. The van der Waals surface area contributed by atoms with E-state index in [1.54, 1.807) is 7.05 Å². The molecule has 1 unspecified atom stereocenters. The Hall–Kier alpha value is 0.350. The first-order chi connectivity index (χ1) is 6.47. The zero-order valence-corrected chi connectivity index (χ0v) is 11.0. The lowest BCUT2D eigenvalue weighted by Crippen LogP contribution is -2.39. The predicted octanol–water partition coefficient (Wildman–Crippen LogP) is 0.695. The minimum atomic E-state index is -3.09. The minimum absolute atomic E-state index is 0.00688. The number of sulfonamides is 1. The van der Waals surface area contributed by atoms with E-state index in [0.29, 0.717) is 12.6 Å². The molecule has 0 amide bonds. The van der Waals surface area contributed by atoms with Crippen LogP contribution in [0, 0.1) is 0 Å². The van der Waals surface area contributed by atoms with Gasteiger partial charge in [-0.15, -0.1) is 0 Å². The fourth-order valence-corrected chi connectivity index (χ4v) is 3.32. The summed E-state index contributed by atoms with van der Waals surface area (Å²) in [5.41, 5.74) is 0. The van der Waals surface area contributed by atoms with E-state index >= 15 is 0 Å². The second kappa shape index (κ2) is 4.92. The molecule has 1 aliphatic heterocycles. The Morgan fingerprint density at radius 1 is 1.57 bits per heavy atom. The maximum Gasteiger partial charge on any atom is 0.223 e. The van der Waals surface area contributed by atoms with Crippen molar-refractivity contribution in [2.24, 2.45) is 0 Å². The van der Waals surface area contributed by atoms with Crippen molar-refractivity contribution in [3.8, 4) is 0 Å². The first kappa shape index (κ1) is 12.4. The molecule has 1 saturated heterocycles. The molecule has 0 radical (unpaired) electrons. The third kappa shape index (κ3) is 2.92. The van der Waals surface area contributed by atoms with Gasteiger partial charge < -0.3 is 4.90 Å². The molecule has 0 bridgehead atoms. The first-order valence-electron chi connectivity index (χ1n) is 4.67. The van der Waals surface area contributed by atoms with Crippen LogP contribution in [0.15, 0.2) is 0 Å². The Balaban J connectivity index is 2.52. The number of halogens is 1. The molecule has 4 nitrogen and oxygen atoms in total. The molecule has 0 saturated carbocycles. The predicted molar refractivity (Wildman–Crippen MR) is 61.0 cm³/mol. The van der Waals surface area contributed by atoms with Crippen LogP contribution in [0.25, 0.3) is 0 Å². The lowest BCUT2D eigenvalue weighted by molar-refractivity contribution is 0.271. The van der Waals surface area contributed by atoms with Crippen LogP contribution in [0.3, 0.4) is 0 Å². The molecule has 1 rings (SSSR count). The zero-order valence-electron chi connectivity index (χ0n) is 8.61. The standard InChI is InChI=1S/C8H17BrN2O2S/c1-10-5-3-4-8(10)6-11(2)14(12,13)7-9/h8H,3-7H2,1-2H3. The molecule has 0 aliphatic carbocycles. The van der Waals surface area contributed by atoms with Gasteiger partial charge in [0.05, 0.1) is 0 Å². The molecule has 1 atom stereocenters. The van der Waals surface area contributed by atoms with Gasteiger partial charge in [0.25, 0.3) is 0 Å². The van der Waals surface area contributed by atoms with E-state index in [9.17, 15) is 8.42 Å². The minimum Gasteiger partial charge on any atom is -0.302 e. The van der Waals surface area contributed by atoms with Gasteiger partial charge in [0.1, 0.15) is 4.66 Å². The lowest BCUT2D eigenvalue weighted by Gasteiger charge is -2.24. The number of nitrogens with zero attached hydrogens (tertiary/aromatic N) is 2. The topological polar surface area (TPSA) is 40.6 Å². The number of likely N-dealkylation sites (tertiary alicyclic amines) is 1. The molecular formula is C8H17BrN2O2S. The smallest absolute Gasteiger partial charge is 0.223 e. The van der Waals surface area contributed by atoms with Crippen molar-refractivity contribution in [2.75, 3.05) is 31.8 Å². The molecule has 1 heterocycles. The van der Waals surface area contributed by atoms with E-state index in [-0.39, 0.29) is 4.66 Å². The summed E-state index contributed by atoms with van der Waals surface area (Å²) >= 11 is 2.99. The molecule has 0 aromatic carbocycles. The number of likely N-dealkylation sites (N-methyl/N-ethyl adjacent to an activating group) is 2. The molecule has 14 heavy (non-hydrogen) atoms. The highest BCUT2D eigenvalue weighted by Crippen LogP contribution is 2.16. The Morgan fingerprint density at radius 2 is 2.21 bits per heavy atom. The number of hydrogen-bond acceptors (Lipinski definition) is 3. The molecule has 84 valence electrons. The van der Waals surface area contributed by atoms with Crippen LogP contribution in [0.5, 0.6) is 0 Å². The normalized spacial score (nSPS) is 24.7. The van der Waals surface area contributed by atoms with E-state index in [2.05, 4.69) is 20.8 Å². The van der Waals surface area contributed by atoms with E-state index < -0.39 is 10.0 Å². The van der Waals surface area contributed by atoms with E-state index in [1.807, 2.05) is 7.05 Å². The molecule has 1 aliphatic rings. The maximum absolute atomic E-state index is 11.5. The molecule has 0 spiro atoms. The van der Waals surface area contributed by atoms with Crippen molar-refractivity contribution in [1.29, 1.82) is 0 Å². The van der Waals surface area contributed by atoms with Crippen molar-refractivity contribution in [1.82, 2.24) is 9.21 Å². The fourth-order valence-electron chi connectivity index (χ4n) is 1.70. The van der Waals surface area contributed by atoms with Gasteiger partial charge in [-0.2, -0.15) is 0 Å². The Kier molecular flexibility index (Phi) is 4.36. The van der Waals surface area contributed by atoms with Crippen LogP contribution in [0.1, 0.15) is 12.8 Å². The van der Waals surface area contributed by atoms with Crippen molar-refractivity contribution in [3.63, 3.8) is 0 Å². The van der Waals surface area contributed by atoms with Crippen molar-refractivity contribution >= 4 is 26.0 Å².